The van der Waals surface area contributed by atoms with Gasteiger partial charge in [0.2, 0.25) is 5.88 Å². The van der Waals surface area contributed by atoms with Crippen LogP contribution in [0, 0.1) is 25.6 Å². The molecule has 0 amide bonds. The number of pyridine rings is 1. The predicted octanol–water partition coefficient (Wildman–Crippen LogP) is 6.32. The van der Waals surface area contributed by atoms with Crippen LogP contribution in [0.1, 0.15) is 51.5 Å². The molecule has 5 rings (SSSR count). The molecule has 2 N–H and O–H groups in total. The number of nitrogens with one attached hydrogen (secondary N) is 1. The maximum absolute atomic E-state index is 14.1. The average molecular weight is 604 g/mol. The number of hydrogen-bond acceptors (Lipinski definition) is 6. The summed E-state index contributed by atoms with van der Waals surface area (Å²) < 4.78 is 19.9. The number of rotatable bonds is 11. The molecular weight excluding hydrogens is 569 g/mol. The number of ether oxygens (including phenoxy) is 1. The molecule has 1 aliphatic rings. The number of piperidine rings is 1. The number of carboxylic acid groups (broad SMARTS) is 1. The Morgan fingerprint density at radius 1 is 1.19 bits per heavy atom. The summed E-state index contributed by atoms with van der Waals surface area (Å²) in [5.74, 6) is -0.530. The molecule has 224 valence electrons. The second kappa shape index (κ2) is 15.2. The van der Waals surface area contributed by atoms with Crippen molar-refractivity contribution in [1.29, 1.82) is 0 Å². The largest absolute Gasteiger partial charge is 0.478 e. The Bertz CT molecular complexity index is 1520. The number of aromatic amines is 1. The van der Waals surface area contributed by atoms with E-state index in [2.05, 4.69) is 32.8 Å². The smallest absolute Gasteiger partial charge is 0.335 e. The van der Waals surface area contributed by atoms with Crippen molar-refractivity contribution >= 4 is 23.3 Å². The van der Waals surface area contributed by atoms with Crippen molar-refractivity contribution in [3.8, 4) is 18.7 Å². The van der Waals surface area contributed by atoms with Crippen molar-refractivity contribution in [3.05, 3.63) is 106 Å². The van der Waals surface area contributed by atoms with E-state index >= 15 is 0 Å². The Morgan fingerprint density at radius 3 is 2.67 bits per heavy atom. The molecule has 1 saturated heterocycles. The van der Waals surface area contributed by atoms with Gasteiger partial charge >= 0.3 is 5.97 Å². The van der Waals surface area contributed by atoms with E-state index in [1.165, 1.54) is 6.07 Å². The van der Waals surface area contributed by atoms with Crippen molar-refractivity contribution < 1.29 is 19.0 Å². The van der Waals surface area contributed by atoms with Crippen LogP contribution in [0.4, 0.5) is 10.1 Å². The number of benzene rings is 2. The Morgan fingerprint density at radius 2 is 1.98 bits per heavy atom. The summed E-state index contributed by atoms with van der Waals surface area (Å²) in [6.45, 7) is 6.19. The number of nitrogens with zero attached hydrogens (tertiary/aromatic N) is 4. The minimum Gasteiger partial charge on any atom is -0.478 e. The van der Waals surface area contributed by atoms with Gasteiger partial charge in [0.1, 0.15) is 12.4 Å². The number of likely N-dealkylation sites (tertiary alicyclic amines) is 1. The molecule has 10 heteroatoms. The Balaban J connectivity index is 0.00000207. The second-order valence-electron chi connectivity index (χ2n) is 10.4. The topological polar surface area (TPSA) is 94.6 Å². The number of aromatic carboxylic acids is 1. The van der Waals surface area contributed by atoms with Crippen LogP contribution in [0.2, 0.25) is 5.02 Å². The molecule has 0 atom stereocenters. The van der Waals surface area contributed by atoms with E-state index in [9.17, 15) is 14.3 Å². The number of terminal acetylenes is 1. The molecule has 0 radical (unpaired) electrons. The summed E-state index contributed by atoms with van der Waals surface area (Å²) in [5.41, 5.74) is 4.68. The number of anilines is 1. The molecule has 3 heterocycles. The van der Waals surface area contributed by atoms with Crippen LogP contribution in [0.5, 0.6) is 5.88 Å². The van der Waals surface area contributed by atoms with E-state index in [0.717, 1.165) is 61.5 Å². The summed E-state index contributed by atoms with van der Waals surface area (Å²) in [6.07, 6.45) is 13.6. The Kier molecular flexibility index (Phi) is 11.1. The Hall–Kier alpha value is -4.39. The van der Waals surface area contributed by atoms with Gasteiger partial charge in [0, 0.05) is 65.3 Å². The highest BCUT2D eigenvalue weighted by Gasteiger charge is 2.23. The fraction of sp³-hybridized carbons (Fsp3) is 0.303. The van der Waals surface area contributed by atoms with E-state index in [1.54, 1.807) is 36.5 Å². The highest BCUT2D eigenvalue weighted by atomic mass is 35.5. The molecule has 1 aliphatic heterocycles. The van der Waals surface area contributed by atoms with Gasteiger partial charge in [-0.25, -0.2) is 14.2 Å². The van der Waals surface area contributed by atoms with Gasteiger partial charge in [0.25, 0.3) is 0 Å². The highest BCUT2D eigenvalue weighted by Crippen LogP contribution is 2.29. The van der Waals surface area contributed by atoms with Gasteiger partial charge in [-0.1, -0.05) is 29.8 Å². The number of aromatic nitrogens is 3. The van der Waals surface area contributed by atoms with Crippen LogP contribution in [-0.4, -0.2) is 57.3 Å². The zero-order valence-electron chi connectivity index (χ0n) is 24.0. The van der Waals surface area contributed by atoms with Crippen LogP contribution in [0.3, 0.4) is 0 Å². The lowest BCUT2D eigenvalue weighted by Crippen LogP contribution is -2.39. The highest BCUT2D eigenvalue weighted by molar-refractivity contribution is 6.30. The lowest BCUT2D eigenvalue weighted by Gasteiger charge is -2.34. The molecular formula is C33H35ClFN5O3. The molecule has 8 nitrogen and oxygen atoms in total. The summed E-state index contributed by atoms with van der Waals surface area (Å²) in [7, 11) is 0. The van der Waals surface area contributed by atoms with Gasteiger partial charge in [-0.15, -0.1) is 12.8 Å². The third-order valence-corrected chi connectivity index (χ3v) is 7.79. The molecule has 0 unspecified atom stereocenters. The molecule has 1 fully saturated rings. The van der Waals surface area contributed by atoms with Crippen molar-refractivity contribution in [3.63, 3.8) is 0 Å². The maximum atomic E-state index is 14.1. The number of aryl methyl sites for hydroxylation is 1. The SMILES string of the molecule is C#C.Cc1ccc(C(=O)O)cc1N(CCN1CCC(c2cccc(OCc3ccc(Cl)cc3F)n2)CC1)Cc1cn[nH]c1. The second-order valence-corrected chi connectivity index (χ2v) is 10.8. The molecule has 0 spiro atoms. The van der Waals surface area contributed by atoms with E-state index in [-0.39, 0.29) is 12.2 Å². The van der Waals surface area contributed by atoms with Gasteiger partial charge < -0.3 is 19.6 Å². The minimum atomic E-state index is -0.934. The number of hydrogen-bond donors (Lipinski definition) is 2. The van der Waals surface area contributed by atoms with Gasteiger partial charge in [0.15, 0.2) is 0 Å². The monoisotopic (exact) mass is 603 g/mol. The summed E-state index contributed by atoms with van der Waals surface area (Å²) >= 11 is 5.84. The number of H-pyrrole nitrogens is 1. The summed E-state index contributed by atoms with van der Waals surface area (Å²) in [5, 5.41) is 16.8. The lowest BCUT2D eigenvalue weighted by atomic mass is 9.93. The average Bonchev–Trinajstić information content (AvgIpc) is 3.54. The first-order chi connectivity index (χ1) is 20.9. The maximum Gasteiger partial charge on any atom is 0.335 e. The fourth-order valence-corrected chi connectivity index (χ4v) is 5.35. The molecule has 0 aliphatic carbocycles. The van der Waals surface area contributed by atoms with Gasteiger partial charge in [-0.3, -0.25) is 5.10 Å². The van der Waals surface area contributed by atoms with Crippen LogP contribution in [0.25, 0.3) is 0 Å². The van der Waals surface area contributed by atoms with Gasteiger partial charge in [0.05, 0.1) is 11.8 Å². The summed E-state index contributed by atoms with van der Waals surface area (Å²) in [6, 6.07) is 15.6. The third kappa shape index (κ3) is 8.57. The molecule has 0 saturated carbocycles. The van der Waals surface area contributed by atoms with Crippen molar-refractivity contribution in [2.45, 2.75) is 38.8 Å². The first kappa shape index (κ1) is 31.5. The van der Waals surface area contributed by atoms with Crippen LogP contribution in [0.15, 0.2) is 67.0 Å². The van der Waals surface area contributed by atoms with E-state index in [0.29, 0.717) is 28.9 Å². The van der Waals surface area contributed by atoms with Crippen LogP contribution >= 0.6 is 11.6 Å². The Labute approximate surface area is 256 Å². The minimum absolute atomic E-state index is 0.0854. The molecule has 2 aromatic carbocycles. The van der Waals surface area contributed by atoms with Crippen LogP contribution < -0.4 is 9.64 Å². The number of halogens is 2. The van der Waals surface area contributed by atoms with Crippen LogP contribution in [-0.2, 0) is 13.2 Å². The predicted molar refractivity (Wildman–Crippen MR) is 166 cm³/mol. The zero-order valence-corrected chi connectivity index (χ0v) is 24.8. The normalized spacial score (nSPS) is 13.6. The molecule has 2 aromatic heterocycles. The molecule has 0 bridgehead atoms. The first-order valence-corrected chi connectivity index (χ1v) is 14.4. The lowest BCUT2D eigenvalue weighted by molar-refractivity contribution is 0.0697. The van der Waals surface area contributed by atoms with Crippen molar-refractivity contribution in [2.24, 2.45) is 0 Å². The van der Waals surface area contributed by atoms with E-state index < -0.39 is 11.8 Å². The molecule has 43 heavy (non-hydrogen) atoms. The van der Waals surface area contributed by atoms with Gasteiger partial charge in [-0.05, 0) is 68.8 Å². The first-order valence-electron chi connectivity index (χ1n) is 14.0. The van der Waals surface area contributed by atoms with Crippen molar-refractivity contribution in [2.75, 3.05) is 31.1 Å². The molecule has 4 aromatic rings. The van der Waals surface area contributed by atoms with Crippen molar-refractivity contribution in [1.82, 2.24) is 20.1 Å². The number of carbonyl (C=O) groups is 1. The quantitative estimate of drug-likeness (QED) is 0.194. The zero-order chi connectivity index (χ0) is 30.8. The standard InChI is InChI=1S/C31H33ClFN5O3.C2H2/c1-21-5-6-24(31(39)40)15-29(21)38(19-22-17-34-35-18-22)14-13-37-11-9-23(10-12-37)28-3-2-4-30(36-28)41-20-25-7-8-26(32)16-27(25)33;1-2/h2-8,15-18,23H,9-14,19-20H2,1H3,(H,34,35)(H,39,40);1-2H. The third-order valence-electron chi connectivity index (χ3n) is 7.55. The number of carboxylic acids is 1. The van der Waals surface area contributed by atoms with Gasteiger partial charge in [-0.2, -0.15) is 5.10 Å². The fourth-order valence-electron chi connectivity index (χ4n) is 5.20. The van der Waals surface area contributed by atoms with E-state index in [4.69, 9.17) is 21.3 Å². The van der Waals surface area contributed by atoms with E-state index in [1.807, 2.05) is 31.3 Å². The summed E-state index contributed by atoms with van der Waals surface area (Å²) in [4.78, 5) is 21.0.